The van der Waals surface area contributed by atoms with Crippen LogP contribution < -0.4 is 0 Å². The van der Waals surface area contributed by atoms with Crippen molar-refractivity contribution in [3.8, 4) is 0 Å². The second-order valence-electron chi connectivity index (χ2n) is 8.88. The fourth-order valence-corrected chi connectivity index (χ4v) is 4.54. The molecule has 1 aliphatic rings. The second kappa shape index (κ2) is 5.31. The highest BCUT2D eigenvalue weighted by atomic mass is 16.5. The lowest BCUT2D eigenvalue weighted by atomic mass is 9.71. The molecule has 2 aromatic carbocycles. The molecule has 1 heterocycles. The van der Waals surface area contributed by atoms with Crippen LogP contribution in [0.25, 0.3) is 10.8 Å². The summed E-state index contributed by atoms with van der Waals surface area (Å²) >= 11 is 0. The van der Waals surface area contributed by atoms with E-state index in [0.29, 0.717) is 11.8 Å². The Hall–Kier alpha value is -1.38. The average molecular weight is 324 g/mol. The van der Waals surface area contributed by atoms with Crippen LogP contribution in [-0.4, -0.2) is 5.06 Å². The predicted molar refractivity (Wildman–Crippen MR) is 101 cm³/mol. The predicted octanol–water partition coefficient (Wildman–Crippen LogP) is 6.22. The maximum atomic E-state index is 13.3. The molecule has 0 saturated carbocycles. The molecule has 24 heavy (non-hydrogen) atoms. The third-order valence-corrected chi connectivity index (χ3v) is 5.76. The van der Waals surface area contributed by atoms with Crippen LogP contribution >= 0.6 is 0 Å². The molecule has 129 valence electrons. The van der Waals surface area contributed by atoms with Gasteiger partial charge in [0, 0.05) is 0 Å². The molecule has 2 nitrogen and oxygen atoms in total. The molecular weight excluding hydrogens is 294 g/mol. The van der Waals surface area contributed by atoms with Crippen molar-refractivity contribution < 1.29 is 5.21 Å². The summed E-state index contributed by atoms with van der Waals surface area (Å²) in [6.45, 7) is 17.2. The summed E-state index contributed by atoms with van der Waals surface area (Å²) < 4.78 is 0. The smallest absolute Gasteiger partial charge is 0.0704 e. The van der Waals surface area contributed by atoms with Crippen molar-refractivity contribution in [2.75, 3.05) is 0 Å². The van der Waals surface area contributed by atoms with Gasteiger partial charge in [-0.2, -0.15) is 0 Å². The van der Waals surface area contributed by atoms with Gasteiger partial charge in [-0.05, 0) is 72.6 Å². The summed E-state index contributed by atoms with van der Waals surface area (Å²) in [7, 11) is 0. The van der Waals surface area contributed by atoms with Crippen LogP contribution in [0.5, 0.6) is 0 Å². The summed E-state index contributed by atoms with van der Waals surface area (Å²) in [5, 5.41) is 17.2. The third kappa shape index (κ3) is 2.16. The number of benzene rings is 2. The van der Waals surface area contributed by atoms with Crippen molar-refractivity contribution in [2.45, 2.75) is 78.3 Å². The minimum absolute atomic E-state index is 0.392. The van der Waals surface area contributed by atoms with E-state index in [1.165, 1.54) is 32.5 Å². The van der Waals surface area contributed by atoms with E-state index in [2.05, 4.69) is 79.7 Å². The van der Waals surface area contributed by atoms with Gasteiger partial charge in [0.2, 0.25) is 0 Å². The van der Waals surface area contributed by atoms with E-state index in [9.17, 15) is 5.21 Å². The molecule has 3 rings (SSSR count). The minimum Gasteiger partial charge on any atom is -0.135 e. The van der Waals surface area contributed by atoms with Gasteiger partial charge in [-0.15, -0.1) is 10.3 Å². The van der Waals surface area contributed by atoms with Crippen LogP contribution in [0.1, 0.15) is 89.5 Å². The molecule has 0 unspecified atom stereocenters. The molecule has 0 atom stereocenters. The van der Waals surface area contributed by atoms with Gasteiger partial charge in [0.1, 0.15) is 0 Å². The van der Waals surface area contributed by atoms with Gasteiger partial charge in [-0.3, -0.25) is 0 Å². The van der Waals surface area contributed by atoms with Gasteiger partial charge in [-0.1, -0.05) is 52.0 Å². The van der Waals surface area contributed by atoms with Gasteiger partial charge in [0.05, 0.1) is 11.1 Å². The second-order valence-corrected chi connectivity index (χ2v) is 8.88. The van der Waals surface area contributed by atoms with Gasteiger partial charge in [0.25, 0.3) is 0 Å². The van der Waals surface area contributed by atoms with Gasteiger partial charge >= 0.3 is 0 Å². The molecule has 0 aliphatic carbocycles. The van der Waals surface area contributed by atoms with Crippen molar-refractivity contribution in [3.05, 3.63) is 46.5 Å². The Bertz CT molecular complexity index is 799. The Kier molecular flexibility index (Phi) is 3.86. The van der Waals surface area contributed by atoms with Gasteiger partial charge < -0.3 is 0 Å². The van der Waals surface area contributed by atoms with Crippen molar-refractivity contribution in [1.82, 2.24) is 5.06 Å². The lowest BCUT2D eigenvalue weighted by Gasteiger charge is -2.49. The SMILES string of the molecule is CC(C)c1cc(C(C)C)c2cccc3c2c1C(C)(C)N([O])C3(C)C. The molecule has 0 spiro atoms. The Morgan fingerprint density at radius 1 is 0.875 bits per heavy atom. The normalized spacial score (nSPS) is 19.5. The van der Waals surface area contributed by atoms with Gasteiger partial charge in [-0.25, -0.2) is 0 Å². The lowest BCUT2D eigenvalue weighted by Crippen LogP contribution is -2.52. The van der Waals surface area contributed by atoms with Crippen molar-refractivity contribution in [2.24, 2.45) is 0 Å². The molecule has 0 saturated heterocycles. The molecule has 2 heteroatoms. The number of nitrogens with zero attached hydrogens (tertiary/aromatic N) is 1. The fraction of sp³-hybridized carbons (Fsp3) is 0.545. The van der Waals surface area contributed by atoms with Crippen LogP contribution in [0.4, 0.5) is 0 Å². The van der Waals surface area contributed by atoms with E-state index >= 15 is 0 Å². The number of rotatable bonds is 2. The molecule has 0 amide bonds. The molecule has 0 N–H and O–H groups in total. The number of hydrogen-bond donors (Lipinski definition) is 0. The summed E-state index contributed by atoms with van der Waals surface area (Å²) in [6, 6.07) is 8.83. The quantitative estimate of drug-likeness (QED) is 0.643. The van der Waals surface area contributed by atoms with E-state index in [1.807, 2.05) is 0 Å². The first kappa shape index (κ1) is 17.4. The first-order valence-corrected chi connectivity index (χ1v) is 9.09. The highest BCUT2D eigenvalue weighted by Gasteiger charge is 2.48. The van der Waals surface area contributed by atoms with Crippen LogP contribution in [0.3, 0.4) is 0 Å². The molecule has 2 aromatic rings. The Morgan fingerprint density at radius 3 is 2.00 bits per heavy atom. The molecule has 0 aromatic heterocycles. The Labute approximate surface area is 146 Å². The van der Waals surface area contributed by atoms with Crippen LogP contribution in [-0.2, 0) is 16.3 Å². The number of hydrogen-bond acceptors (Lipinski definition) is 1. The monoisotopic (exact) mass is 324 g/mol. The molecule has 0 fully saturated rings. The summed E-state index contributed by atoms with van der Waals surface area (Å²) in [5.74, 6) is 0.854. The minimum atomic E-state index is -0.536. The largest absolute Gasteiger partial charge is 0.135 e. The topological polar surface area (TPSA) is 23.1 Å². The lowest BCUT2D eigenvalue weighted by molar-refractivity contribution is -0.281. The molecule has 1 radical (unpaired) electrons. The maximum Gasteiger partial charge on any atom is 0.0704 e. The van der Waals surface area contributed by atoms with Crippen LogP contribution in [0, 0.1) is 0 Å². The molecule has 1 aliphatic heterocycles. The van der Waals surface area contributed by atoms with E-state index in [1.54, 1.807) is 0 Å². The zero-order chi connectivity index (χ0) is 18.0. The maximum absolute atomic E-state index is 13.3. The highest BCUT2D eigenvalue weighted by molar-refractivity contribution is 5.95. The van der Waals surface area contributed by atoms with Crippen LogP contribution in [0.15, 0.2) is 24.3 Å². The van der Waals surface area contributed by atoms with Crippen LogP contribution in [0.2, 0.25) is 0 Å². The summed E-state index contributed by atoms with van der Waals surface area (Å²) in [5.41, 5.74) is 4.03. The van der Waals surface area contributed by atoms with E-state index in [4.69, 9.17) is 0 Å². The van der Waals surface area contributed by atoms with Crippen molar-refractivity contribution >= 4 is 10.8 Å². The Balaban J connectivity index is 2.60. The van der Waals surface area contributed by atoms with Gasteiger partial charge in [0.15, 0.2) is 0 Å². The highest BCUT2D eigenvalue weighted by Crippen LogP contribution is 2.51. The zero-order valence-electron chi connectivity index (χ0n) is 16.3. The molecular formula is C22H30NO. The fourth-order valence-electron chi connectivity index (χ4n) is 4.54. The Morgan fingerprint density at radius 2 is 1.46 bits per heavy atom. The standard InChI is InChI=1S/C22H30NO/c1-13(2)16-12-17(14(3)4)20-19-15(16)10-9-11-18(19)21(5,6)23(24)22(20,7)8/h9-14H,1-8H3. The van der Waals surface area contributed by atoms with E-state index < -0.39 is 11.1 Å². The zero-order valence-corrected chi connectivity index (χ0v) is 16.3. The van der Waals surface area contributed by atoms with Crippen molar-refractivity contribution in [1.29, 1.82) is 0 Å². The van der Waals surface area contributed by atoms with Crippen molar-refractivity contribution in [3.63, 3.8) is 0 Å². The average Bonchev–Trinajstić information content (AvgIpc) is 2.49. The first-order chi connectivity index (χ1) is 11.0. The van der Waals surface area contributed by atoms with E-state index in [0.717, 1.165) is 5.56 Å². The third-order valence-electron chi connectivity index (χ3n) is 5.76. The molecule has 0 bridgehead atoms. The summed E-state index contributed by atoms with van der Waals surface area (Å²) in [4.78, 5) is 0. The van der Waals surface area contributed by atoms with E-state index in [-0.39, 0.29) is 0 Å². The number of hydroxylamine groups is 2. The summed E-state index contributed by atoms with van der Waals surface area (Å²) in [6.07, 6.45) is 0. The first-order valence-electron chi connectivity index (χ1n) is 9.09.